The Morgan fingerprint density at radius 1 is 0.929 bits per heavy atom. The Morgan fingerprint density at radius 3 is 2.33 bits per heavy atom. The summed E-state index contributed by atoms with van der Waals surface area (Å²) in [4.78, 5) is 59.8. The number of morpholine rings is 1. The second-order valence-electron chi connectivity index (χ2n) is 10.6. The number of hydrogen-bond donors (Lipinski definition) is 3. The fraction of sp³-hybridized carbons (Fsp3) is 0.367. The SMILES string of the molecule is O=C(NC1CC1)c1ccc(-c2csc(NC(=O)[C@H]3CCN3C(=O)C(NC(=O)N3CCOCC3)c3ccccc3)n2)cc1. The zero-order valence-electron chi connectivity index (χ0n) is 23.0. The molecule has 12 heteroatoms. The van der Waals surface area contributed by atoms with Crippen LogP contribution in [0.1, 0.15) is 41.2 Å². The first-order valence-corrected chi connectivity index (χ1v) is 15.0. The van der Waals surface area contributed by atoms with Gasteiger partial charge in [-0.2, -0.15) is 0 Å². The number of ether oxygens (including phenoxy) is 1. The van der Waals surface area contributed by atoms with Gasteiger partial charge < -0.3 is 30.5 Å². The molecule has 3 aromatic rings. The van der Waals surface area contributed by atoms with Gasteiger partial charge in [-0.25, -0.2) is 9.78 Å². The molecule has 2 atom stereocenters. The third-order valence-electron chi connectivity index (χ3n) is 7.64. The number of amides is 5. The number of aromatic nitrogens is 1. The predicted molar refractivity (Wildman–Crippen MR) is 157 cm³/mol. The van der Waals surface area contributed by atoms with E-state index in [1.54, 1.807) is 29.2 Å². The largest absolute Gasteiger partial charge is 0.378 e. The zero-order chi connectivity index (χ0) is 29.1. The monoisotopic (exact) mass is 588 g/mol. The Morgan fingerprint density at radius 2 is 1.67 bits per heavy atom. The van der Waals surface area contributed by atoms with Gasteiger partial charge in [0.25, 0.3) is 11.8 Å². The van der Waals surface area contributed by atoms with E-state index in [0.717, 1.165) is 18.4 Å². The smallest absolute Gasteiger partial charge is 0.318 e. The van der Waals surface area contributed by atoms with E-state index in [2.05, 4.69) is 20.9 Å². The molecule has 2 saturated heterocycles. The molecule has 2 aromatic carbocycles. The average molecular weight is 589 g/mol. The molecule has 1 aliphatic carbocycles. The summed E-state index contributed by atoms with van der Waals surface area (Å²) in [6.07, 6.45) is 2.57. The van der Waals surface area contributed by atoms with Crippen LogP contribution in [0.3, 0.4) is 0 Å². The molecule has 0 radical (unpaired) electrons. The Labute approximate surface area is 247 Å². The van der Waals surface area contributed by atoms with Crippen molar-refractivity contribution in [1.82, 2.24) is 25.4 Å². The van der Waals surface area contributed by atoms with E-state index in [1.807, 2.05) is 35.7 Å². The molecule has 3 fully saturated rings. The number of carbonyl (C=O) groups is 4. The normalized spacial score (nSPS) is 18.9. The van der Waals surface area contributed by atoms with E-state index < -0.39 is 12.1 Å². The number of rotatable bonds is 8. The van der Waals surface area contributed by atoms with E-state index in [-0.39, 0.29) is 23.8 Å². The quantitative estimate of drug-likeness (QED) is 0.371. The Bertz CT molecular complexity index is 1450. The first-order valence-electron chi connectivity index (χ1n) is 14.1. The van der Waals surface area contributed by atoms with Crippen LogP contribution in [0, 0.1) is 0 Å². The Hall–Kier alpha value is -4.29. The number of anilines is 1. The van der Waals surface area contributed by atoms with E-state index in [4.69, 9.17) is 4.74 Å². The van der Waals surface area contributed by atoms with E-state index >= 15 is 0 Å². The van der Waals surface area contributed by atoms with Gasteiger partial charge >= 0.3 is 6.03 Å². The van der Waals surface area contributed by atoms with Crippen LogP contribution in [0.4, 0.5) is 9.93 Å². The molecule has 0 spiro atoms. The van der Waals surface area contributed by atoms with Crippen LogP contribution < -0.4 is 16.0 Å². The number of urea groups is 1. The van der Waals surface area contributed by atoms with E-state index in [1.165, 1.54) is 16.2 Å². The fourth-order valence-corrected chi connectivity index (χ4v) is 5.67. The average Bonchev–Trinajstić information content (AvgIpc) is 3.70. The van der Waals surface area contributed by atoms with Crippen molar-refractivity contribution in [2.24, 2.45) is 0 Å². The summed E-state index contributed by atoms with van der Waals surface area (Å²) in [5.74, 6) is -0.737. The lowest BCUT2D eigenvalue weighted by Crippen LogP contribution is -2.60. The van der Waals surface area contributed by atoms with Gasteiger partial charge in [-0.05, 0) is 37.0 Å². The molecule has 1 unspecified atom stereocenters. The third-order valence-corrected chi connectivity index (χ3v) is 8.40. The summed E-state index contributed by atoms with van der Waals surface area (Å²) in [5.41, 5.74) is 2.76. The highest BCUT2D eigenvalue weighted by atomic mass is 32.1. The van der Waals surface area contributed by atoms with Crippen LogP contribution in [0.25, 0.3) is 11.3 Å². The maximum Gasteiger partial charge on any atom is 0.318 e. The second-order valence-corrected chi connectivity index (χ2v) is 11.4. The topological polar surface area (TPSA) is 133 Å². The van der Waals surface area contributed by atoms with Crippen molar-refractivity contribution in [2.45, 2.75) is 37.4 Å². The van der Waals surface area contributed by atoms with E-state index in [9.17, 15) is 19.2 Å². The van der Waals surface area contributed by atoms with Gasteiger partial charge in [0.05, 0.1) is 18.9 Å². The minimum absolute atomic E-state index is 0.0787. The van der Waals surface area contributed by atoms with Gasteiger partial charge in [-0.3, -0.25) is 14.4 Å². The van der Waals surface area contributed by atoms with Crippen LogP contribution in [0.5, 0.6) is 0 Å². The zero-order valence-corrected chi connectivity index (χ0v) is 23.8. The fourth-order valence-electron chi connectivity index (χ4n) is 4.95. The molecule has 6 rings (SSSR count). The number of carbonyl (C=O) groups excluding carboxylic acids is 4. The highest BCUT2D eigenvalue weighted by Gasteiger charge is 2.41. The predicted octanol–water partition coefficient (Wildman–Crippen LogP) is 3.02. The summed E-state index contributed by atoms with van der Waals surface area (Å²) in [6.45, 7) is 2.22. The summed E-state index contributed by atoms with van der Waals surface area (Å²) in [7, 11) is 0. The molecule has 0 bridgehead atoms. The summed E-state index contributed by atoms with van der Waals surface area (Å²) in [6, 6.07) is 14.6. The molecular weight excluding hydrogens is 556 g/mol. The highest BCUT2D eigenvalue weighted by molar-refractivity contribution is 7.14. The van der Waals surface area contributed by atoms with Gasteiger partial charge in [-0.1, -0.05) is 42.5 Å². The highest BCUT2D eigenvalue weighted by Crippen LogP contribution is 2.29. The molecular formula is C30H32N6O5S. The van der Waals surface area contributed by atoms with Crippen LogP contribution in [0.2, 0.25) is 0 Å². The van der Waals surface area contributed by atoms with Gasteiger partial charge in [0.15, 0.2) is 5.13 Å². The summed E-state index contributed by atoms with van der Waals surface area (Å²) >= 11 is 1.29. The Balaban J connectivity index is 1.09. The van der Waals surface area contributed by atoms with Gasteiger partial charge in [-0.15, -0.1) is 11.3 Å². The van der Waals surface area contributed by atoms with Crippen molar-refractivity contribution in [3.63, 3.8) is 0 Å². The molecule has 11 nitrogen and oxygen atoms in total. The number of nitrogens with zero attached hydrogens (tertiary/aromatic N) is 3. The molecule has 42 heavy (non-hydrogen) atoms. The molecule has 1 saturated carbocycles. The van der Waals surface area contributed by atoms with E-state index in [0.29, 0.717) is 67.3 Å². The molecule has 2 aliphatic heterocycles. The lowest BCUT2D eigenvalue weighted by atomic mass is 9.97. The number of thiazole rings is 1. The van der Waals surface area contributed by atoms with Gasteiger partial charge in [0.2, 0.25) is 5.91 Å². The maximum atomic E-state index is 13.7. The first kappa shape index (κ1) is 27.9. The van der Waals surface area contributed by atoms with Crippen molar-refractivity contribution in [1.29, 1.82) is 0 Å². The standard InChI is InChI=1S/C30H32N6O5S/c37-26(31-22-10-11-22)21-8-6-19(7-9-21)23-18-42-29(32-23)34-27(38)24-12-13-36(24)28(39)25(20-4-2-1-3-5-20)33-30(40)35-14-16-41-17-15-35/h1-9,18,22,24-25H,10-17H2,(H,31,37)(H,33,40)(H,32,34,38)/t24-,25?/m1/s1. The number of benzene rings is 2. The van der Waals surface area contributed by atoms with Gasteiger partial charge in [0, 0.05) is 42.2 Å². The van der Waals surface area contributed by atoms with Crippen LogP contribution >= 0.6 is 11.3 Å². The molecule has 3 N–H and O–H groups in total. The van der Waals surface area contributed by atoms with Crippen molar-refractivity contribution in [3.05, 3.63) is 71.1 Å². The third kappa shape index (κ3) is 6.29. The van der Waals surface area contributed by atoms with Crippen LogP contribution in [0.15, 0.2) is 60.0 Å². The molecule has 5 amide bonds. The number of nitrogens with one attached hydrogen (secondary N) is 3. The molecule has 3 heterocycles. The Kier molecular flexibility index (Phi) is 8.15. The molecule has 218 valence electrons. The minimum Gasteiger partial charge on any atom is -0.378 e. The summed E-state index contributed by atoms with van der Waals surface area (Å²) in [5, 5.41) is 11.0. The van der Waals surface area contributed by atoms with Crippen molar-refractivity contribution >= 4 is 40.2 Å². The maximum absolute atomic E-state index is 13.7. The van der Waals surface area contributed by atoms with Gasteiger partial charge in [0.1, 0.15) is 12.1 Å². The number of hydrogen-bond acceptors (Lipinski definition) is 7. The van der Waals surface area contributed by atoms with Crippen LogP contribution in [-0.4, -0.2) is 83.5 Å². The number of likely N-dealkylation sites (tertiary alicyclic amines) is 1. The van der Waals surface area contributed by atoms with Crippen molar-refractivity contribution in [3.8, 4) is 11.3 Å². The minimum atomic E-state index is -0.919. The lowest BCUT2D eigenvalue weighted by Gasteiger charge is -2.41. The lowest BCUT2D eigenvalue weighted by molar-refractivity contribution is -0.147. The summed E-state index contributed by atoms with van der Waals surface area (Å²) < 4.78 is 5.33. The second kappa shape index (κ2) is 12.3. The molecule has 1 aromatic heterocycles. The first-order chi connectivity index (χ1) is 20.5. The molecule has 3 aliphatic rings. The van der Waals surface area contributed by atoms with Crippen LogP contribution in [-0.2, 0) is 14.3 Å². The van der Waals surface area contributed by atoms with Crippen molar-refractivity contribution < 1.29 is 23.9 Å². The van der Waals surface area contributed by atoms with Crippen molar-refractivity contribution in [2.75, 3.05) is 38.2 Å².